The number of halogens is 4. The van der Waals surface area contributed by atoms with Gasteiger partial charge in [-0.05, 0) is 42.5 Å². The second-order valence-corrected chi connectivity index (χ2v) is 9.24. The molecule has 0 saturated heterocycles. The maximum atomic E-state index is 14.7. The van der Waals surface area contributed by atoms with Gasteiger partial charge in [-0.25, -0.2) is 0 Å². The van der Waals surface area contributed by atoms with Crippen LogP contribution in [0.5, 0.6) is 0 Å². The fourth-order valence-electron chi connectivity index (χ4n) is 5.03. The Bertz CT molecular complexity index is 1640. The molecule has 0 amide bonds. The molecule has 0 fully saturated rings. The summed E-state index contributed by atoms with van der Waals surface area (Å²) in [6.07, 6.45) is 0. The fourth-order valence-corrected chi connectivity index (χ4v) is 5.03. The molecule has 0 atom stereocenters. The third kappa shape index (κ3) is 4.62. The molecule has 7 rings (SSSR count). The van der Waals surface area contributed by atoms with Crippen LogP contribution >= 0.6 is 0 Å². The summed E-state index contributed by atoms with van der Waals surface area (Å²) < 4.78 is 56.7. The minimum absolute atomic E-state index is 0. The van der Waals surface area contributed by atoms with Crippen molar-refractivity contribution in [3.05, 3.63) is 146 Å². The van der Waals surface area contributed by atoms with Crippen LogP contribution in [0.3, 0.4) is 0 Å². The third-order valence-electron chi connectivity index (χ3n) is 6.81. The molecule has 0 aliphatic carbocycles. The van der Waals surface area contributed by atoms with Crippen LogP contribution in [-0.2, 0) is 21.1 Å². The van der Waals surface area contributed by atoms with Gasteiger partial charge in [0.05, 0.1) is 0 Å². The minimum Gasteiger partial charge on any atom is -0.491 e. The number of hydrogen-bond acceptors (Lipinski definition) is 4. The van der Waals surface area contributed by atoms with Crippen molar-refractivity contribution < 1.29 is 38.6 Å². The van der Waals surface area contributed by atoms with Gasteiger partial charge >= 0.3 is 21.1 Å². The van der Waals surface area contributed by atoms with Crippen molar-refractivity contribution in [3.63, 3.8) is 0 Å². The summed E-state index contributed by atoms with van der Waals surface area (Å²) >= 11 is 0. The number of anilines is 8. The summed E-state index contributed by atoms with van der Waals surface area (Å²) in [5.74, 6) is -2.86. The first kappa shape index (κ1) is 26.9. The molecule has 0 spiro atoms. The van der Waals surface area contributed by atoms with Crippen molar-refractivity contribution in [2.24, 2.45) is 0 Å². The van der Waals surface area contributed by atoms with Crippen LogP contribution < -0.4 is 19.6 Å². The molecule has 2 heterocycles. The van der Waals surface area contributed by atoms with Crippen LogP contribution in [0.4, 0.5) is 63.1 Å². The van der Waals surface area contributed by atoms with E-state index in [1.54, 1.807) is 23.1 Å². The fraction of sp³-hybridized carbons (Fsp3) is 0. The van der Waals surface area contributed by atoms with E-state index in [9.17, 15) is 17.6 Å². The van der Waals surface area contributed by atoms with Crippen molar-refractivity contribution in [3.8, 4) is 0 Å². The number of rotatable bonds is 4. The molecule has 204 valence electrons. The monoisotopic (exact) mass is 729 g/mol. The first-order valence-corrected chi connectivity index (χ1v) is 12.4. The van der Waals surface area contributed by atoms with Crippen LogP contribution in [0.25, 0.3) is 0 Å². The molecule has 5 aromatic rings. The van der Waals surface area contributed by atoms with Gasteiger partial charge in [0.2, 0.25) is 0 Å². The van der Waals surface area contributed by atoms with Crippen molar-refractivity contribution >= 4 is 45.5 Å². The summed E-state index contributed by atoms with van der Waals surface area (Å²) in [6, 6.07) is 31.9. The van der Waals surface area contributed by atoms with E-state index in [0.717, 1.165) is 47.0 Å². The van der Waals surface area contributed by atoms with Crippen molar-refractivity contribution in [1.29, 1.82) is 0 Å². The van der Waals surface area contributed by atoms with Crippen LogP contribution in [-0.4, -0.2) is 0 Å². The van der Waals surface area contributed by atoms with Gasteiger partial charge in [0.1, 0.15) is 0 Å². The molecule has 9 heteroatoms. The van der Waals surface area contributed by atoms with E-state index in [1.807, 2.05) is 82.6 Å². The SMILES string of the molecule is Fc1c[c-]c(N2[CH-]N(c3cccc(N4[CH-]N(c5[c-]cc(F)cc5F)c5ccccc54)c3)c3ccccc32)c(F)c1.[Pt+4]. The molecule has 5 aromatic carbocycles. The molecule has 0 saturated carbocycles. The van der Waals surface area contributed by atoms with Gasteiger partial charge in [-0.2, -0.15) is 12.1 Å². The van der Waals surface area contributed by atoms with Gasteiger partial charge in [-0.15, -0.1) is 37.6 Å². The van der Waals surface area contributed by atoms with Crippen LogP contribution in [0.1, 0.15) is 0 Å². The molecule has 0 radical (unpaired) electrons. The first-order chi connectivity index (χ1) is 19.5. The third-order valence-corrected chi connectivity index (χ3v) is 6.81. The van der Waals surface area contributed by atoms with E-state index >= 15 is 0 Å². The van der Waals surface area contributed by atoms with Crippen LogP contribution in [0.15, 0.2) is 97.1 Å². The molecule has 0 bridgehead atoms. The van der Waals surface area contributed by atoms with Gasteiger partial charge < -0.3 is 19.6 Å². The molecule has 2 aliphatic heterocycles. The Labute approximate surface area is 248 Å². The zero-order valence-corrected chi connectivity index (χ0v) is 23.3. The van der Waals surface area contributed by atoms with Gasteiger partial charge in [0, 0.05) is 57.4 Å². The summed E-state index contributed by atoms with van der Waals surface area (Å²) in [5, 5.41) is 0. The normalized spacial score (nSPS) is 13.8. The van der Waals surface area contributed by atoms with Gasteiger partial charge in [-0.1, -0.05) is 41.7 Å². The van der Waals surface area contributed by atoms with Gasteiger partial charge in [0.25, 0.3) is 0 Å². The van der Waals surface area contributed by atoms with E-state index < -0.39 is 23.3 Å². The number of para-hydroxylation sites is 4. The second-order valence-electron chi connectivity index (χ2n) is 9.24. The van der Waals surface area contributed by atoms with Gasteiger partial charge in [0.15, 0.2) is 0 Å². The molecule has 0 aromatic heterocycles. The predicted molar refractivity (Wildman–Crippen MR) is 147 cm³/mol. The molecule has 0 N–H and O–H groups in total. The molecule has 0 unspecified atom stereocenters. The number of hydrogen-bond donors (Lipinski definition) is 0. The molecule has 41 heavy (non-hydrogen) atoms. The number of benzene rings is 5. The second kappa shape index (κ2) is 10.6. The smallest absolute Gasteiger partial charge is 0.491 e. The van der Waals surface area contributed by atoms with E-state index in [4.69, 9.17) is 0 Å². The summed E-state index contributed by atoms with van der Waals surface area (Å²) in [4.78, 5) is 7.07. The standard InChI is InChI=1S/C32H18F4N4.Pt/c33-21-12-14-27(25(35)16-21)39-19-37(29-8-1-3-10-31(29)39)23-6-5-7-24(18-23)38-20-40(32-11-4-2-9-30(32)38)28-15-13-22(34)17-26(28)36;/h1-13,16-20H;/q-4;+4. The zero-order chi connectivity index (χ0) is 27.4. The zero-order valence-electron chi connectivity index (χ0n) is 21.0. The van der Waals surface area contributed by atoms with Crippen molar-refractivity contribution in [2.75, 3.05) is 19.6 Å². The molecular weight excluding hydrogens is 711 g/mol. The van der Waals surface area contributed by atoms with Crippen molar-refractivity contribution in [2.45, 2.75) is 0 Å². The Balaban J connectivity index is 0.00000302. The van der Waals surface area contributed by atoms with E-state index in [0.29, 0.717) is 11.4 Å². The van der Waals surface area contributed by atoms with E-state index in [1.165, 1.54) is 0 Å². The van der Waals surface area contributed by atoms with E-state index in [2.05, 4.69) is 12.1 Å². The average Bonchev–Trinajstić information content (AvgIpc) is 3.53. The number of nitrogens with zero attached hydrogens (tertiary/aromatic N) is 4. The van der Waals surface area contributed by atoms with Crippen LogP contribution in [0.2, 0.25) is 0 Å². The maximum Gasteiger partial charge on any atom is 4.00 e. The topological polar surface area (TPSA) is 13.0 Å². The molecule has 4 nitrogen and oxygen atoms in total. The molecule has 2 aliphatic rings. The first-order valence-electron chi connectivity index (χ1n) is 12.4. The predicted octanol–water partition coefficient (Wildman–Crippen LogP) is 8.66. The Hall–Kier alpha value is -4.29. The van der Waals surface area contributed by atoms with Crippen molar-refractivity contribution in [1.82, 2.24) is 0 Å². The quantitative estimate of drug-likeness (QED) is 0.136. The largest absolute Gasteiger partial charge is 4.00 e. The Morgan fingerprint density at radius 3 is 1.27 bits per heavy atom. The number of fused-ring (bicyclic) bond motifs is 2. The average molecular weight is 730 g/mol. The Morgan fingerprint density at radius 2 is 0.878 bits per heavy atom. The minimum atomic E-state index is -0.727. The maximum absolute atomic E-state index is 14.7. The summed E-state index contributed by atoms with van der Waals surface area (Å²) in [5.41, 5.74) is 4.77. The Kier molecular flexibility index (Phi) is 6.96. The summed E-state index contributed by atoms with van der Waals surface area (Å²) in [7, 11) is 0. The van der Waals surface area contributed by atoms with E-state index in [-0.39, 0.29) is 32.4 Å². The summed E-state index contributed by atoms with van der Waals surface area (Å²) in [6.45, 7) is 3.46. The van der Waals surface area contributed by atoms with Gasteiger partial charge in [-0.3, -0.25) is 17.6 Å². The Morgan fingerprint density at radius 1 is 0.488 bits per heavy atom. The van der Waals surface area contributed by atoms with Crippen LogP contribution in [0, 0.1) is 48.7 Å². The molecular formula is C32H18F4N4Pt.